The minimum absolute atomic E-state index is 0.190. The van der Waals surface area contributed by atoms with Crippen molar-refractivity contribution in [2.75, 3.05) is 6.54 Å². The predicted molar refractivity (Wildman–Crippen MR) is 71.4 cm³/mol. The molecule has 0 radical (unpaired) electrons. The molecule has 0 aliphatic heterocycles. The first kappa shape index (κ1) is 10.7. The molecule has 2 N–H and O–H groups in total. The van der Waals surface area contributed by atoms with Gasteiger partial charge in [-0.05, 0) is 37.4 Å². The summed E-state index contributed by atoms with van der Waals surface area (Å²) in [5, 5.41) is 0. The maximum Gasteiger partial charge on any atom is 0.0794 e. The van der Waals surface area contributed by atoms with Crippen LogP contribution in [0.2, 0.25) is 0 Å². The van der Waals surface area contributed by atoms with Gasteiger partial charge in [-0.2, -0.15) is 4.37 Å². The van der Waals surface area contributed by atoms with Gasteiger partial charge in [0, 0.05) is 16.8 Å². The van der Waals surface area contributed by atoms with Crippen LogP contribution in [0.3, 0.4) is 0 Å². The Kier molecular flexibility index (Phi) is 2.53. The molecule has 1 aliphatic rings. The summed E-state index contributed by atoms with van der Waals surface area (Å²) in [4.78, 5) is 1.38. The monoisotopic (exact) mass is 252 g/mol. The minimum Gasteiger partial charge on any atom is -0.330 e. The predicted octanol–water partition coefficient (Wildman–Crippen LogP) is 3.44. The zero-order valence-corrected chi connectivity index (χ0v) is 11.1. The van der Waals surface area contributed by atoms with Gasteiger partial charge in [0.2, 0.25) is 0 Å². The van der Waals surface area contributed by atoms with E-state index in [0.717, 1.165) is 6.54 Å². The van der Waals surface area contributed by atoms with Gasteiger partial charge in [-0.25, -0.2) is 0 Å². The highest BCUT2D eigenvalue weighted by Crippen LogP contribution is 2.45. The summed E-state index contributed by atoms with van der Waals surface area (Å²) < 4.78 is 7.44. The molecule has 0 aromatic carbocycles. The summed E-state index contributed by atoms with van der Waals surface area (Å²) in [6.45, 7) is 2.92. The van der Waals surface area contributed by atoms with Crippen LogP contribution < -0.4 is 5.73 Å². The summed E-state index contributed by atoms with van der Waals surface area (Å²) in [6.07, 6.45) is 5.06. The molecule has 2 aromatic heterocycles. The molecular weight excluding hydrogens is 236 g/mol. The highest BCUT2D eigenvalue weighted by Gasteiger charge is 2.38. The van der Waals surface area contributed by atoms with Crippen molar-refractivity contribution in [2.45, 2.75) is 38.0 Å². The lowest BCUT2D eigenvalue weighted by Crippen LogP contribution is -2.32. The number of aryl methyl sites for hydroxylation is 1. The Morgan fingerprint density at radius 1 is 1.44 bits per heavy atom. The molecule has 2 heterocycles. The van der Waals surface area contributed by atoms with Crippen LogP contribution in [0.15, 0.2) is 6.07 Å². The molecule has 4 heteroatoms. The molecule has 1 fully saturated rings. The highest BCUT2D eigenvalue weighted by atomic mass is 32.1. The average Bonchev–Trinajstić information content (AvgIpc) is 2.92. The lowest BCUT2D eigenvalue weighted by Gasteiger charge is -2.24. The molecule has 86 valence electrons. The van der Waals surface area contributed by atoms with Crippen LogP contribution in [0.25, 0.3) is 9.40 Å². The second-order valence-electron chi connectivity index (χ2n) is 4.77. The third-order valence-corrected chi connectivity index (χ3v) is 5.70. The van der Waals surface area contributed by atoms with Gasteiger partial charge in [0.25, 0.3) is 0 Å². The largest absolute Gasteiger partial charge is 0.330 e. The van der Waals surface area contributed by atoms with Crippen LogP contribution in [0, 0.1) is 6.92 Å². The van der Waals surface area contributed by atoms with Crippen molar-refractivity contribution >= 4 is 32.3 Å². The number of hydrogen-bond donors (Lipinski definition) is 1. The van der Waals surface area contributed by atoms with E-state index < -0.39 is 0 Å². The molecule has 0 saturated heterocycles. The van der Waals surface area contributed by atoms with Crippen molar-refractivity contribution in [1.29, 1.82) is 0 Å². The minimum atomic E-state index is 0.190. The van der Waals surface area contributed by atoms with Gasteiger partial charge < -0.3 is 5.73 Å². The normalized spacial score (nSPS) is 19.6. The van der Waals surface area contributed by atoms with Crippen LogP contribution in [-0.4, -0.2) is 10.9 Å². The molecule has 0 atom stereocenters. The van der Waals surface area contributed by atoms with Crippen molar-refractivity contribution in [3.8, 4) is 0 Å². The number of aromatic nitrogens is 1. The maximum atomic E-state index is 6.03. The first-order valence-electron chi connectivity index (χ1n) is 5.81. The Hall–Kier alpha value is -0.450. The SMILES string of the molecule is Cc1cc2snc(C3(CN)CCCC3)c2s1. The van der Waals surface area contributed by atoms with E-state index in [1.807, 2.05) is 11.3 Å². The lowest BCUT2D eigenvalue weighted by atomic mass is 9.83. The van der Waals surface area contributed by atoms with Crippen LogP contribution >= 0.6 is 22.9 Å². The quantitative estimate of drug-likeness (QED) is 0.889. The fourth-order valence-corrected chi connectivity index (χ4v) is 5.06. The third-order valence-electron chi connectivity index (χ3n) is 3.73. The summed E-state index contributed by atoms with van der Waals surface area (Å²) in [6, 6.07) is 2.25. The van der Waals surface area contributed by atoms with Crippen molar-refractivity contribution in [3.63, 3.8) is 0 Å². The summed E-state index contributed by atoms with van der Waals surface area (Å²) in [5.41, 5.74) is 7.51. The number of fused-ring (bicyclic) bond motifs is 1. The summed E-state index contributed by atoms with van der Waals surface area (Å²) in [7, 11) is 0. The average molecular weight is 252 g/mol. The third kappa shape index (κ3) is 1.44. The van der Waals surface area contributed by atoms with Crippen molar-refractivity contribution in [2.24, 2.45) is 5.73 Å². The van der Waals surface area contributed by atoms with E-state index in [4.69, 9.17) is 10.1 Å². The molecule has 0 bridgehead atoms. The van der Waals surface area contributed by atoms with E-state index in [0.29, 0.717) is 0 Å². The number of hydrogen-bond acceptors (Lipinski definition) is 4. The van der Waals surface area contributed by atoms with Gasteiger partial charge in [0.05, 0.1) is 15.1 Å². The maximum absolute atomic E-state index is 6.03. The van der Waals surface area contributed by atoms with Crippen molar-refractivity contribution in [1.82, 2.24) is 4.37 Å². The molecule has 1 saturated carbocycles. The second kappa shape index (κ2) is 3.79. The van der Waals surface area contributed by atoms with E-state index in [9.17, 15) is 0 Å². The molecule has 0 unspecified atom stereocenters. The smallest absolute Gasteiger partial charge is 0.0794 e. The van der Waals surface area contributed by atoms with Gasteiger partial charge in [0.15, 0.2) is 0 Å². The standard InChI is InChI=1S/C12H16N2S2/c1-8-6-9-10(15-8)11(14-16-9)12(7-13)4-2-3-5-12/h6H,2-5,7,13H2,1H3. The van der Waals surface area contributed by atoms with Crippen LogP contribution in [0.5, 0.6) is 0 Å². The van der Waals surface area contributed by atoms with Crippen LogP contribution in [-0.2, 0) is 5.41 Å². The Morgan fingerprint density at radius 2 is 2.19 bits per heavy atom. The Morgan fingerprint density at radius 3 is 2.88 bits per heavy atom. The Balaban J connectivity index is 2.16. The van der Waals surface area contributed by atoms with E-state index in [-0.39, 0.29) is 5.41 Å². The van der Waals surface area contributed by atoms with E-state index in [1.165, 1.54) is 45.7 Å². The lowest BCUT2D eigenvalue weighted by molar-refractivity contribution is 0.448. The van der Waals surface area contributed by atoms with Gasteiger partial charge in [-0.15, -0.1) is 11.3 Å². The van der Waals surface area contributed by atoms with E-state index in [2.05, 4.69) is 13.0 Å². The van der Waals surface area contributed by atoms with Crippen LogP contribution in [0.4, 0.5) is 0 Å². The Labute approximate surface area is 104 Å². The topological polar surface area (TPSA) is 38.9 Å². The first-order valence-corrected chi connectivity index (χ1v) is 7.40. The molecular formula is C12H16N2S2. The fraction of sp³-hybridized carbons (Fsp3) is 0.583. The molecule has 1 aliphatic carbocycles. The Bertz CT molecular complexity index is 506. The molecule has 2 nitrogen and oxygen atoms in total. The zero-order valence-electron chi connectivity index (χ0n) is 9.45. The summed E-state index contributed by atoms with van der Waals surface area (Å²) >= 11 is 3.52. The number of nitrogens with two attached hydrogens (primary N) is 1. The zero-order chi connectivity index (χ0) is 11.2. The molecule has 3 rings (SSSR count). The van der Waals surface area contributed by atoms with Gasteiger partial charge >= 0.3 is 0 Å². The molecule has 2 aromatic rings. The highest BCUT2D eigenvalue weighted by molar-refractivity contribution is 7.25. The number of nitrogens with zero attached hydrogens (tertiary/aromatic N) is 1. The van der Waals surface area contributed by atoms with Crippen LogP contribution in [0.1, 0.15) is 36.3 Å². The van der Waals surface area contributed by atoms with Gasteiger partial charge in [-0.3, -0.25) is 0 Å². The molecule has 16 heavy (non-hydrogen) atoms. The molecule has 0 spiro atoms. The van der Waals surface area contributed by atoms with E-state index >= 15 is 0 Å². The van der Waals surface area contributed by atoms with E-state index in [1.54, 1.807) is 11.5 Å². The number of thiophene rings is 1. The first-order chi connectivity index (χ1) is 7.75. The van der Waals surface area contributed by atoms with Crippen molar-refractivity contribution in [3.05, 3.63) is 16.6 Å². The van der Waals surface area contributed by atoms with Gasteiger partial charge in [-0.1, -0.05) is 12.8 Å². The second-order valence-corrected chi connectivity index (χ2v) is 6.83. The van der Waals surface area contributed by atoms with Gasteiger partial charge in [0.1, 0.15) is 0 Å². The number of rotatable bonds is 2. The molecule has 0 amide bonds. The summed E-state index contributed by atoms with van der Waals surface area (Å²) in [5.74, 6) is 0. The van der Waals surface area contributed by atoms with Crippen molar-refractivity contribution < 1.29 is 0 Å². The fourth-order valence-electron chi connectivity index (χ4n) is 2.79.